The van der Waals surface area contributed by atoms with Crippen molar-refractivity contribution >= 4 is 16.7 Å². The van der Waals surface area contributed by atoms with Crippen molar-refractivity contribution in [2.45, 2.75) is 19.1 Å². The number of hydrogen-bond acceptors (Lipinski definition) is 3. The summed E-state index contributed by atoms with van der Waals surface area (Å²) in [6.45, 7) is 1.20. The number of ether oxygens (including phenoxy) is 2. The highest BCUT2D eigenvalue weighted by Crippen LogP contribution is 2.22. The lowest BCUT2D eigenvalue weighted by molar-refractivity contribution is -0.134. The van der Waals surface area contributed by atoms with Gasteiger partial charge in [-0.1, -0.05) is 54.6 Å². The number of likely N-dealkylation sites (N-methyl/N-ethyl adjacent to an activating group) is 1. The van der Waals surface area contributed by atoms with Gasteiger partial charge in [0.1, 0.15) is 5.75 Å². The molecule has 0 fully saturated rings. The van der Waals surface area contributed by atoms with Crippen LogP contribution in [0.15, 0.2) is 66.7 Å². The third kappa shape index (κ3) is 4.12. The Kier molecular flexibility index (Phi) is 5.07. The fraction of sp³-hybridized carbons (Fsp3) is 0.261. The number of carbonyl (C=O) groups is 1. The highest BCUT2D eigenvalue weighted by molar-refractivity contribution is 5.84. The maximum atomic E-state index is 12.4. The van der Waals surface area contributed by atoms with Gasteiger partial charge in [-0.3, -0.25) is 4.79 Å². The van der Waals surface area contributed by atoms with E-state index in [-0.39, 0.29) is 18.6 Å². The first-order chi connectivity index (χ1) is 13.2. The van der Waals surface area contributed by atoms with E-state index in [1.807, 2.05) is 48.5 Å². The van der Waals surface area contributed by atoms with Gasteiger partial charge >= 0.3 is 0 Å². The highest BCUT2D eigenvalue weighted by atomic mass is 16.5. The van der Waals surface area contributed by atoms with Crippen molar-refractivity contribution < 1.29 is 14.3 Å². The zero-order chi connectivity index (χ0) is 18.6. The van der Waals surface area contributed by atoms with Gasteiger partial charge < -0.3 is 14.4 Å². The van der Waals surface area contributed by atoms with E-state index >= 15 is 0 Å². The molecule has 1 unspecified atom stereocenters. The van der Waals surface area contributed by atoms with Crippen molar-refractivity contribution in [1.29, 1.82) is 0 Å². The Morgan fingerprint density at radius 3 is 2.63 bits per heavy atom. The van der Waals surface area contributed by atoms with Crippen LogP contribution in [0.5, 0.6) is 5.75 Å². The minimum atomic E-state index is -0.0504. The van der Waals surface area contributed by atoms with Gasteiger partial charge in [-0.2, -0.15) is 0 Å². The van der Waals surface area contributed by atoms with Crippen LogP contribution in [0.4, 0.5) is 0 Å². The van der Waals surface area contributed by atoms with Gasteiger partial charge in [0.15, 0.2) is 6.61 Å². The van der Waals surface area contributed by atoms with E-state index in [0.717, 1.165) is 17.2 Å². The van der Waals surface area contributed by atoms with E-state index in [4.69, 9.17) is 9.47 Å². The molecule has 0 saturated heterocycles. The normalized spacial score (nSPS) is 16.0. The molecule has 0 spiro atoms. The number of hydrogen-bond donors (Lipinski definition) is 0. The van der Waals surface area contributed by atoms with E-state index in [9.17, 15) is 4.79 Å². The summed E-state index contributed by atoms with van der Waals surface area (Å²) in [6.07, 6.45) is 0.855. The van der Waals surface area contributed by atoms with Crippen LogP contribution in [0.1, 0.15) is 11.1 Å². The Morgan fingerprint density at radius 1 is 1.04 bits per heavy atom. The molecule has 0 aliphatic carbocycles. The predicted octanol–water partition coefficient (Wildman–Crippen LogP) is 3.82. The lowest BCUT2D eigenvalue weighted by atomic mass is 9.99. The molecule has 0 aromatic heterocycles. The second-order valence-electron chi connectivity index (χ2n) is 6.98. The molecule has 0 saturated carbocycles. The Bertz CT molecular complexity index is 953. The number of nitrogens with zero attached hydrogens (tertiary/aromatic N) is 1. The van der Waals surface area contributed by atoms with Gasteiger partial charge in [0.25, 0.3) is 5.91 Å². The van der Waals surface area contributed by atoms with Gasteiger partial charge in [0.05, 0.1) is 12.7 Å². The zero-order valence-electron chi connectivity index (χ0n) is 15.4. The number of amides is 1. The largest absolute Gasteiger partial charge is 0.484 e. The lowest BCUT2D eigenvalue weighted by Gasteiger charge is -2.29. The monoisotopic (exact) mass is 361 g/mol. The van der Waals surface area contributed by atoms with E-state index < -0.39 is 0 Å². The molecule has 1 heterocycles. The fourth-order valence-electron chi connectivity index (χ4n) is 3.45. The second kappa shape index (κ2) is 7.80. The van der Waals surface area contributed by atoms with Crippen LogP contribution in [0.2, 0.25) is 0 Å². The predicted molar refractivity (Wildman–Crippen MR) is 106 cm³/mol. The summed E-state index contributed by atoms with van der Waals surface area (Å²) in [6, 6.07) is 22.3. The number of benzene rings is 3. The molecule has 0 bridgehead atoms. The van der Waals surface area contributed by atoms with Crippen molar-refractivity contribution in [2.24, 2.45) is 0 Å². The standard InChI is InChI=1S/C23H23NO3/c1-24(14-22-13-19-8-4-5-9-20(19)15-26-22)23(25)16-27-21-11-10-17-6-2-3-7-18(17)12-21/h2-12,22H,13-16H2,1H3. The lowest BCUT2D eigenvalue weighted by Crippen LogP contribution is -2.40. The summed E-state index contributed by atoms with van der Waals surface area (Å²) < 4.78 is 11.6. The molecule has 0 N–H and O–H groups in total. The number of carbonyl (C=O) groups excluding carboxylic acids is 1. The Balaban J connectivity index is 1.31. The third-order valence-corrected chi connectivity index (χ3v) is 5.03. The number of fused-ring (bicyclic) bond motifs is 2. The Morgan fingerprint density at radius 2 is 1.78 bits per heavy atom. The molecule has 1 aliphatic heterocycles. The molecule has 4 nitrogen and oxygen atoms in total. The van der Waals surface area contributed by atoms with Crippen molar-refractivity contribution in [3.8, 4) is 5.75 Å². The third-order valence-electron chi connectivity index (χ3n) is 5.03. The van der Waals surface area contributed by atoms with Crippen LogP contribution in [-0.4, -0.2) is 37.1 Å². The minimum absolute atomic E-state index is 0.0227. The van der Waals surface area contributed by atoms with Crippen LogP contribution in [0.3, 0.4) is 0 Å². The van der Waals surface area contributed by atoms with Gasteiger partial charge in [0, 0.05) is 20.0 Å². The molecule has 1 atom stereocenters. The molecule has 4 rings (SSSR count). The quantitative estimate of drug-likeness (QED) is 0.693. The summed E-state index contributed by atoms with van der Waals surface area (Å²) in [5.74, 6) is 0.656. The first-order valence-corrected chi connectivity index (χ1v) is 9.23. The molecular formula is C23H23NO3. The first kappa shape index (κ1) is 17.6. The average Bonchev–Trinajstić information content (AvgIpc) is 2.71. The molecular weight excluding hydrogens is 338 g/mol. The second-order valence-corrected chi connectivity index (χ2v) is 6.98. The molecule has 1 amide bonds. The average molecular weight is 361 g/mol. The Hall–Kier alpha value is -2.85. The first-order valence-electron chi connectivity index (χ1n) is 9.23. The van der Waals surface area contributed by atoms with Crippen molar-refractivity contribution in [1.82, 2.24) is 4.90 Å². The van der Waals surface area contributed by atoms with Crippen LogP contribution in [-0.2, 0) is 22.6 Å². The van der Waals surface area contributed by atoms with Gasteiger partial charge in [-0.15, -0.1) is 0 Å². The summed E-state index contributed by atoms with van der Waals surface area (Å²) >= 11 is 0. The molecule has 1 aliphatic rings. The summed E-state index contributed by atoms with van der Waals surface area (Å²) in [5.41, 5.74) is 2.55. The summed E-state index contributed by atoms with van der Waals surface area (Å²) in [7, 11) is 1.80. The van der Waals surface area contributed by atoms with Gasteiger partial charge in [-0.25, -0.2) is 0 Å². The minimum Gasteiger partial charge on any atom is -0.484 e. The molecule has 27 heavy (non-hydrogen) atoms. The molecule has 0 radical (unpaired) electrons. The van der Waals surface area contributed by atoms with Crippen molar-refractivity contribution in [3.05, 3.63) is 77.9 Å². The van der Waals surface area contributed by atoms with Crippen molar-refractivity contribution in [3.63, 3.8) is 0 Å². The summed E-state index contributed by atoms with van der Waals surface area (Å²) in [4.78, 5) is 14.1. The Labute approximate surface area is 159 Å². The van der Waals surface area contributed by atoms with E-state index in [1.54, 1.807) is 11.9 Å². The maximum absolute atomic E-state index is 12.4. The topological polar surface area (TPSA) is 38.8 Å². The molecule has 3 aromatic rings. The van der Waals surface area contributed by atoms with Gasteiger partial charge in [0.2, 0.25) is 0 Å². The molecule has 138 valence electrons. The van der Waals surface area contributed by atoms with Crippen molar-refractivity contribution in [2.75, 3.05) is 20.2 Å². The van der Waals surface area contributed by atoms with Gasteiger partial charge in [-0.05, 0) is 34.0 Å². The molecule has 3 aromatic carbocycles. The molecule has 4 heteroatoms. The van der Waals surface area contributed by atoms with E-state index in [1.165, 1.54) is 11.1 Å². The zero-order valence-corrected chi connectivity index (χ0v) is 15.4. The van der Waals surface area contributed by atoms with E-state index in [2.05, 4.69) is 18.2 Å². The van der Waals surface area contributed by atoms with Crippen LogP contribution < -0.4 is 4.74 Å². The maximum Gasteiger partial charge on any atom is 0.260 e. The van der Waals surface area contributed by atoms with Crippen LogP contribution in [0.25, 0.3) is 10.8 Å². The fourth-order valence-corrected chi connectivity index (χ4v) is 3.45. The SMILES string of the molecule is CN(CC1Cc2ccccc2CO1)C(=O)COc1ccc2ccccc2c1. The smallest absolute Gasteiger partial charge is 0.260 e. The number of rotatable bonds is 5. The van der Waals surface area contributed by atoms with Crippen LogP contribution >= 0.6 is 0 Å². The summed E-state index contributed by atoms with van der Waals surface area (Å²) in [5, 5.41) is 2.26. The van der Waals surface area contributed by atoms with E-state index in [0.29, 0.717) is 18.9 Å². The highest BCUT2D eigenvalue weighted by Gasteiger charge is 2.22. The van der Waals surface area contributed by atoms with Crippen LogP contribution in [0, 0.1) is 0 Å².